The molecule has 2 aromatic rings. The fraction of sp³-hybridized carbons (Fsp3) is 0.167. The Labute approximate surface area is 109 Å². The van der Waals surface area contributed by atoms with Crippen molar-refractivity contribution in [3.63, 3.8) is 0 Å². The molecule has 2 rings (SSSR count). The lowest BCUT2D eigenvalue weighted by atomic mass is 10.2. The van der Waals surface area contributed by atoms with Crippen LogP contribution in [0.25, 0.3) is 5.69 Å². The number of carbonyl (C=O) groups is 1. The summed E-state index contributed by atoms with van der Waals surface area (Å²) in [7, 11) is 0. The summed E-state index contributed by atoms with van der Waals surface area (Å²) in [6.45, 7) is 0. The van der Waals surface area contributed by atoms with Gasteiger partial charge in [0.25, 0.3) is 6.43 Å². The van der Waals surface area contributed by atoms with Crippen molar-refractivity contribution in [2.45, 2.75) is 12.6 Å². The Bertz CT molecular complexity index is 616. The second-order valence-electron chi connectivity index (χ2n) is 3.88. The van der Waals surface area contributed by atoms with Crippen molar-refractivity contribution in [1.82, 2.24) is 9.78 Å². The van der Waals surface area contributed by atoms with Crippen LogP contribution >= 0.6 is 0 Å². The number of rotatable bonds is 3. The molecule has 0 amide bonds. The molecule has 0 fully saturated rings. The van der Waals surface area contributed by atoms with Gasteiger partial charge < -0.3 is 0 Å². The van der Waals surface area contributed by atoms with E-state index < -0.39 is 23.9 Å². The highest BCUT2D eigenvalue weighted by molar-refractivity contribution is 5.76. The third kappa shape index (κ3) is 2.68. The van der Waals surface area contributed by atoms with Gasteiger partial charge in [-0.3, -0.25) is 4.79 Å². The molecule has 1 aromatic carbocycles. The van der Waals surface area contributed by atoms with E-state index >= 15 is 0 Å². The Morgan fingerprint density at radius 1 is 1.15 bits per heavy atom. The molecule has 0 radical (unpaired) electrons. The van der Waals surface area contributed by atoms with Crippen molar-refractivity contribution in [1.29, 1.82) is 0 Å². The van der Waals surface area contributed by atoms with Crippen LogP contribution < -0.4 is 0 Å². The van der Waals surface area contributed by atoms with E-state index in [1.54, 1.807) is 0 Å². The third-order valence-corrected chi connectivity index (χ3v) is 2.57. The quantitative estimate of drug-likeness (QED) is 0.639. The fourth-order valence-electron chi connectivity index (χ4n) is 1.60. The molecule has 20 heavy (non-hydrogen) atoms. The molecule has 106 valence electrons. The molecule has 3 nitrogen and oxygen atoms in total. The standard InChI is InChI=1S/C12H7F5N2O/c13-11(14)10-7(6-20)5-19(18-10)9-3-1-8(2-4-9)12(15,16)17/h1-6,11H. The molecule has 0 aliphatic rings. The van der Waals surface area contributed by atoms with Gasteiger partial charge in [0.1, 0.15) is 5.69 Å². The number of nitrogens with zero attached hydrogens (tertiary/aromatic N) is 2. The zero-order valence-corrected chi connectivity index (χ0v) is 9.73. The normalized spacial score (nSPS) is 11.9. The third-order valence-electron chi connectivity index (χ3n) is 2.57. The molecule has 0 aliphatic carbocycles. The zero-order chi connectivity index (χ0) is 14.9. The molecule has 0 N–H and O–H groups in total. The smallest absolute Gasteiger partial charge is 0.298 e. The number of carbonyl (C=O) groups excluding carboxylic acids is 1. The highest BCUT2D eigenvalue weighted by Gasteiger charge is 2.30. The van der Waals surface area contributed by atoms with Crippen LogP contribution in [0.15, 0.2) is 30.5 Å². The molecular weight excluding hydrogens is 283 g/mol. The summed E-state index contributed by atoms with van der Waals surface area (Å²) >= 11 is 0. The van der Waals surface area contributed by atoms with Crippen molar-refractivity contribution in [2.24, 2.45) is 0 Å². The van der Waals surface area contributed by atoms with Gasteiger partial charge in [0.05, 0.1) is 16.8 Å². The van der Waals surface area contributed by atoms with Crippen LogP contribution in [0.5, 0.6) is 0 Å². The van der Waals surface area contributed by atoms with E-state index in [4.69, 9.17) is 0 Å². The first kappa shape index (κ1) is 14.2. The van der Waals surface area contributed by atoms with Crippen molar-refractivity contribution >= 4 is 6.29 Å². The molecule has 0 saturated carbocycles. The number of halogens is 5. The Morgan fingerprint density at radius 3 is 2.15 bits per heavy atom. The van der Waals surface area contributed by atoms with Crippen LogP contribution in [0.4, 0.5) is 22.0 Å². The van der Waals surface area contributed by atoms with Gasteiger partial charge in [0, 0.05) is 6.20 Å². The number of aromatic nitrogens is 2. The highest BCUT2D eigenvalue weighted by atomic mass is 19.4. The average molecular weight is 290 g/mol. The number of hydrogen-bond acceptors (Lipinski definition) is 2. The zero-order valence-electron chi connectivity index (χ0n) is 9.73. The van der Waals surface area contributed by atoms with Gasteiger partial charge in [-0.05, 0) is 24.3 Å². The van der Waals surface area contributed by atoms with E-state index in [2.05, 4.69) is 5.10 Å². The van der Waals surface area contributed by atoms with Crippen LogP contribution in [0.2, 0.25) is 0 Å². The van der Waals surface area contributed by atoms with Crippen molar-refractivity contribution in [3.05, 3.63) is 47.3 Å². The Balaban J connectivity index is 2.39. The van der Waals surface area contributed by atoms with Crippen LogP contribution in [-0.4, -0.2) is 16.1 Å². The predicted octanol–water partition coefficient (Wildman–Crippen LogP) is 3.64. The molecule has 1 heterocycles. The number of alkyl halides is 5. The van der Waals surface area contributed by atoms with Gasteiger partial charge in [-0.2, -0.15) is 18.3 Å². The lowest BCUT2D eigenvalue weighted by Gasteiger charge is -2.07. The molecule has 0 aliphatic heterocycles. The van der Waals surface area contributed by atoms with Crippen LogP contribution in [0.3, 0.4) is 0 Å². The van der Waals surface area contributed by atoms with Crippen molar-refractivity contribution in [2.75, 3.05) is 0 Å². The van der Waals surface area contributed by atoms with Gasteiger partial charge >= 0.3 is 6.18 Å². The maximum atomic E-state index is 12.6. The van der Waals surface area contributed by atoms with E-state index in [0.717, 1.165) is 35.1 Å². The lowest BCUT2D eigenvalue weighted by Crippen LogP contribution is -2.05. The van der Waals surface area contributed by atoms with Crippen LogP contribution in [-0.2, 0) is 6.18 Å². The van der Waals surface area contributed by atoms with E-state index in [1.165, 1.54) is 0 Å². The SMILES string of the molecule is O=Cc1cn(-c2ccc(C(F)(F)F)cc2)nc1C(F)F. The van der Waals surface area contributed by atoms with Gasteiger partial charge in [-0.15, -0.1) is 0 Å². The number of aldehydes is 1. The molecule has 8 heteroatoms. The Kier molecular flexibility index (Phi) is 3.56. The van der Waals surface area contributed by atoms with Gasteiger partial charge in [0.2, 0.25) is 0 Å². The highest BCUT2D eigenvalue weighted by Crippen LogP contribution is 2.30. The minimum atomic E-state index is -4.48. The average Bonchev–Trinajstić information content (AvgIpc) is 2.82. The summed E-state index contributed by atoms with van der Waals surface area (Å²) in [5, 5.41) is 3.50. The fourth-order valence-corrected chi connectivity index (χ4v) is 1.60. The van der Waals surface area contributed by atoms with E-state index in [9.17, 15) is 26.7 Å². The summed E-state index contributed by atoms with van der Waals surface area (Å²) in [4.78, 5) is 10.6. The first-order chi connectivity index (χ1) is 9.32. The van der Waals surface area contributed by atoms with Gasteiger partial charge in [-0.1, -0.05) is 0 Å². The van der Waals surface area contributed by atoms with E-state index in [-0.39, 0.29) is 17.5 Å². The van der Waals surface area contributed by atoms with E-state index in [1.807, 2.05) is 0 Å². The molecule has 1 aromatic heterocycles. The molecule has 0 unspecified atom stereocenters. The van der Waals surface area contributed by atoms with E-state index in [0.29, 0.717) is 0 Å². The second kappa shape index (κ2) is 5.03. The maximum absolute atomic E-state index is 12.6. The monoisotopic (exact) mass is 290 g/mol. The molecule has 0 atom stereocenters. The molecular formula is C12H7F5N2O. The van der Waals surface area contributed by atoms with Gasteiger partial charge in [0.15, 0.2) is 6.29 Å². The Hall–Kier alpha value is -2.25. The minimum absolute atomic E-state index is 0.146. The lowest BCUT2D eigenvalue weighted by molar-refractivity contribution is -0.137. The number of hydrogen-bond donors (Lipinski definition) is 0. The topological polar surface area (TPSA) is 34.9 Å². The largest absolute Gasteiger partial charge is 0.416 e. The summed E-state index contributed by atoms with van der Waals surface area (Å²) in [5.41, 5.74) is -1.73. The van der Waals surface area contributed by atoms with Crippen LogP contribution in [0.1, 0.15) is 28.0 Å². The first-order valence-electron chi connectivity index (χ1n) is 5.33. The molecule has 0 spiro atoms. The summed E-state index contributed by atoms with van der Waals surface area (Å²) in [5.74, 6) is 0. The van der Waals surface area contributed by atoms with Crippen molar-refractivity contribution in [3.8, 4) is 5.69 Å². The summed E-state index contributed by atoms with van der Waals surface area (Å²) < 4.78 is 63.2. The first-order valence-corrected chi connectivity index (χ1v) is 5.33. The number of benzene rings is 1. The van der Waals surface area contributed by atoms with Crippen molar-refractivity contribution < 1.29 is 26.7 Å². The minimum Gasteiger partial charge on any atom is -0.298 e. The van der Waals surface area contributed by atoms with Crippen LogP contribution in [0, 0.1) is 0 Å². The maximum Gasteiger partial charge on any atom is 0.416 e. The summed E-state index contributed by atoms with van der Waals surface area (Å²) in [6, 6.07) is 3.78. The molecule has 0 saturated heterocycles. The predicted molar refractivity (Wildman–Crippen MR) is 58.9 cm³/mol. The second-order valence-corrected chi connectivity index (χ2v) is 3.88. The summed E-state index contributed by atoms with van der Waals surface area (Å²) in [6.07, 6.45) is -6.16. The van der Waals surface area contributed by atoms with Gasteiger partial charge in [-0.25, -0.2) is 13.5 Å². The Morgan fingerprint density at radius 2 is 1.75 bits per heavy atom. The molecule has 0 bridgehead atoms.